The van der Waals surface area contributed by atoms with Gasteiger partial charge in [0.15, 0.2) is 0 Å². The Labute approximate surface area is 164 Å². The average Bonchev–Trinajstić information content (AvgIpc) is 2.69. The first kappa shape index (κ1) is 21.7. The van der Waals surface area contributed by atoms with Crippen LogP contribution in [0.5, 0.6) is 5.75 Å². The van der Waals surface area contributed by atoms with Crippen LogP contribution in [0.3, 0.4) is 0 Å². The number of hydrogen-bond acceptors (Lipinski definition) is 4. The predicted octanol–water partition coefficient (Wildman–Crippen LogP) is 3.82. The van der Waals surface area contributed by atoms with E-state index in [1.807, 2.05) is 25.1 Å². The number of carbonyl (C=O) groups is 1. The lowest BCUT2D eigenvalue weighted by atomic mass is 9.73. The van der Waals surface area contributed by atoms with Crippen molar-refractivity contribution in [2.45, 2.75) is 52.4 Å². The summed E-state index contributed by atoms with van der Waals surface area (Å²) < 4.78 is 11.2. The van der Waals surface area contributed by atoms with E-state index in [4.69, 9.17) is 15.2 Å². The monoisotopic (exact) mass is 376 g/mol. The molecule has 1 saturated carbocycles. The fourth-order valence-electron chi connectivity index (χ4n) is 4.17. The van der Waals surface area contributed by atoms with E-state index in [2.05, 4.69) is 18.7 Å². The van der Waals surface area contributed by atoms with Gasteiger partial charge < -0.3 is 20.1 Å². The summed E-state index contributed by atoms with van der Waals surface area (Å²) in [5, 5.41) is 0. The molecule has 2 unspecified atom stereocenters. The maximum absolute atomic E-state index is 12.1. The van der Waals surface area contributed by atoms with Gasteiger partial charge in [-0.25, -0.2) is 0 Å². The van der Waals surface area contributed by atoms with E-state index in [1.54, 1.807) is 0 Å². The fraction of sp³-hybridized carbons (Fsp3) is 0.682. The summed E-state index contributed by atoms with van der Waals surface area (Å²) in [6.07, 6.45) is 4.77. The van der Waals surface area contributed by atoms with E-state index in [9.17, 15) is 4.79 Å². The zero-order chi connectivity index (χ0) is 19.6. The van der Waals surface area contributed by atoms with E-state index in [-0.39, 0.29) is 5.91 Å². The van der Waals surface area contributed by atoms with E-state index < -0.39 is 0 Å². The maximum atomic E-state index is 12.1. The van der Waals surface area contributed by atoms with Gasteiger partial charge in [0.05, 0.1) is 6.61 Å². The van der Waals surface area contributed by atoms with Gasteiger partial charge in [-0.3, -0.25) is 4.79 Å². The smallest absolute Gasteiger partial charge is 0.248 e. The van der Waals surface area contributed by atoms with E-state index >= 15 is 0 Å². The third-order valence-electron chi connectivity index (χ3n) is 5.68. The second-order valence-corrected chi connectivity index (χ2v) is 7.30. The van der Waals surface area contributed by atoms with Crippen molar-refractivity contribution in [3.8, 4) is 5.75 Å². The van der Waals surface area contributed by atoms with Crippen LogP contribution in [0.25, 0.3) is 0 Å². The van der Waals surface area contributed by atoms with Gasteiger partial charge in [-0.05, 0) is 68.5 Å². The molecule has 1 aromatic carbocycles. The number of benzene rings is 1. The molecule has 0 aromatic heterocycles. The first-order valence-electron chi connectivity index (χ1n) is 10.5. The summed E-state index contributed by atoms with van der Waals surface area (Å²) in [7, 11) is 0. The molecule has 2 rings (SSSR count). The molecule has 2 atom stereocenters. The minimum atomic E-state index is -0.349. The van der Waals surface area contributed by atoms with Crippen molar-refractivity contribution >= 4 is 5.91 Å². The first-order chi connectivity index (χ1) is 13.1. The highest BCUT2D eigenvalue weighted by Crippen LogP contribution is 2.40. The standard InChI is InChI=1S/C22H36N2O3/c1-4-24(5-2)16-17-9-7-8-10-19(17)21-15-18(27-14-13-26-6-3)11-12-20(21)22(23)25/h11-12,15,17,19H,4-10,13-14,16H2,1-3H3,(H2,23,25). The maximum Gasteiger partial charge on any atom is 0.248 e. The number of rotatable bonds is 11. The van der Waals surface area contributed by atoms with Crippen molar-refractivity contribution in [2.24, 2.45) is 11.7 Å². The largest absolute Gasteiger partial charge is 0.491 e. The molecule has 1 aliphatic carbocycles. The first-order valence-corrected chi connectivity index (χ1v) is 10.5. The molecule has 152 valence electrons. The van der Waals surface area contributed by atoms with Crippen molar-refractivity contribution in [3.05, 3.63) is 29.3 Å². The van der Waals surface area contributed by atoms with Crippen molar-refractivity contribution in [1.82, 2.24) is 4.90 Å². The van der Waals surface area contributed by atoms with Crippen molar-refractivity contribution in [3.63, 3.8) is 0 Å². The summed E-state index contributed by atoms with van der Waals surface area (Å²) in [5.74, 6) is 1.35. The van der Waals surface area contributed by atoms with Crippen LogP contribution in [0.15, 0.2) is 18.2 Å². The molecule has 1 aliphatic rings. The topological polar surface area (TPSA) is 64.8 Å². The highest BCUT2D eigenvalue weighted by molar-refractivity contribution is 5.94. The van der Waals surface area contributed by atoms with Crippen LogP contribution in [0.2, 0.25) is 0 Å². The number of carbonyl (C=O) groups excluding carboxylic acids is 1. The Morgan fingerprint density at radius 2 is 1.89 bits per heavy atom. The van der Waals surface area contributed by atoms with Crippen LogP contribution in [0.1, 0.15) is 68.3 Å². The van der Waals surface area contributed by atoms with Gasteiger partial charge in [0, 0.05) is 18.7 Å². The van der Waals surface area contributed by atoms with Gasteiger partial charge in [-0.1, -0.05) is 26.7 Å². The zero-order valence-corrected chi connectivity index (χ0v) is 17.2. The SMILES string of the molecule is CCOCCOc1ccc(C(N)=O)c(C2CCCCC2CN(CC)CC)c1. The Hall–Kier alpha value is -1.59. The molecular weight excluding hydrogens is 340 g/mol. The van der Waals surface area contributed by atoms with Gasteiger partial charge in [-0.2, -0.15) is 0 Å². The third kappa shape index (κ3) is 6.22. The molecule has 1 fully saturated rings. The van der Waals surface area contributed by atoms with Crippen LogP contribution in [0.4, 0.5) is 0 Å². The highest BCUT2D eigenvalue weighted by atomic mass is 16.5. The quantitative estimate of drug-likeness (QED) is 0.596. The number of nitrogens with two attached hydrogens (primary N) is 1. The van der Waals surface area contributed by atoms with Crippen LogP contribution >= 0.6 is 0 Å². The molecule has 0 radical (unpaired) electrons. The minimum Gasteiger partial charge on any atom is -0.491 e. The molecule has 1 amide bonds. The van der Waals surface area contributed by atoms with E-state index in [1.165, 1.54) is 19.3 Å². The second-order valence-electron chi connectivity index (χ2n) is 7.30. The Balaban J connectivity index is 2.23. The molecule has 2 N–H and O–H groups in total. The van der Waals surface area contributed by atoms with Gasteiger partial charge in [0.25, 0.3) is 0 Å². The normalized spacial score (nSPS) is 20.0. The van der Waals surface area contributed by atoms with Crippen LogP contribution in [0, 0.1) is 5.92 Å². The molecule has 0 aliphatic heterocycles. The molecule has 0 bridgehead atoms. The van der Waals surface area contributed by atoms with Crippen LogP contribution in [-0.4, -0.2) is 50.3 Å². The minimum absolute atomic E-state index is 0.349. The number of nitrogens with zero attached hydrogens (tertiary/aromatic N) is 1. The van der Waals surface area contributed by atoms with Crippen LogP contribution < -0.4 is 10.5 Å². The van der Waals surface area contributed by atoms with Gasteiger partial charge >= 0.3 is 0 Å². The average molecular weight is 377 g/mol. The Bertz CT molecular complexity index is 587. The lowest BCUT2D eigenvalue weighted by Crippen LogP contribution is -2.34. The molecule has 0 saturated heterocycles. The Kier molecular flexibility index (Phi) is 9.08. The zero-order valence-electron chi connectivity index (χ0n) is 17.2. The van der Waals surface area contributed by atoms with Crippen molar-refractivity contribution in [2.75, 3.05) is 39.5 Å². The summed E-state index contributed by atoms with van der Waals surface area (Å²) in [6, 6.07) is 5.71. The second kappa shape index (κ2) is 11.3. The van der Waals surface area contributed by atoms with Gasteiger partial charge in [0.1, 0.15) is 12.4 Å². The predicted molar refractivity (Wildman–Crippen MR) is 109 cm³/mol. The molecule has 27 heavy (non-hydrogen) atoms. The summed E-state index contributed by atoms with van der Waals surface area (Å²) >= 11 is 0. The van der Waals surface area contributed by atoms with Crippen LogP contribution in [-0.2, 0) is 4.74 Å². The van der Waals surface area contributed by atoms with Crippen molar-refractivity contribution in [1.29, 1.82) is 0 Å². The molecule has 1 aromatic rings. The molecular formula is C22H36N2O3. The Morgan fingerprint density at radius 1 is 1.15 bits per heavy atom. The molecule has 0 heterocycles. The lowest BCUT2D eigenvalue weighted by Gasteiger charge is -2.36. The molecule has 5 nitrogen and oxygen atoms in total. The number of hydrogen-bond donors (Lipinski definition) is 1. The summed E-state index contributed by atoms with van der Waals surface area (Å²) in [5.41, 5.74) is 7.41. The summed E-state index contributed by atoms with van der Waals surface area (Å²) in [6.45, 7) is 11.3. The highest BCUT2D eigenvalue weighted by Gasteiger charge is 2.30. The lowest BCUT2D eigenvalue weighted by molar-refractivity contribution is 0.0996. The van der Waals surface area contributed by atoms with Gasteiger partial charge in [0.2, 0.25) is 5.91 Å². The van der Waals surface area contributed by atoms with E-state index in [0.717, 1.165) is 37.4 Å². The Morgan fingerprint density at radius 3 is 2.56 bits per heavy atom. The number of primary amides is 1. The third-order valence-corrected chi connectivity index (χ3v) is 5.68. The molecule has 0 spiro atoms. The van der Waals surface area contributed by atoms with Crippen molar-refractivity contribution < 1.29 is 14.3 Å². The number of amides is 1. The summed E-state index contributed by atoms with van der Waals surface area (Å²) in [4.78, 5) is 14.5. The fourth-order valence-corrected chi connectivity index (χ4v) is 4.17. The van der Waals surface area contributed by atoms with Gasteiger partial charge in [-0.15, -0.1) is 0 Å². The van der Waals surface area contributed by atoms with E-state index in [0.29, 0.717) is 37.2 Å². The number of ether oxygens (including phenoxy) is 2. The molecule has 5 heteroatoms.